The summed E-state index contributed by atoms with van der Waals surface area (Å²) >= 11 is 0. The molecule has 0 radical (unpaired) electrons. The lowest BCUT2D eigenvalue weighted by atomic mass is 9.88. The van der Waals surface area contributed by atoms with E-state index >= 15 is 0 Å². The molecule has 0 unspecified atom stereocenters. The summed E-state index contributed by atoms with van der Waals surface area (Å²) in [6, 6.07) is 5.84. The largest absolute Gasteiger partial charge is 0.399 e. The highest BCUT2D eigenvalue weighted by Gasteiger charge is 2.35. The molecule has 98 valence electrons. The van der Waals surface area contributed by atoms with Gasteiger partial charge >= 0.3 is 0 Å². The molecule has 1 aromatic carbocycles. The van der Waals surface area contributed by atoms with Crippen LogP contribution < -0.4 is 11.1 Å². The lowest BCUT2D eigenvalue weighted by Gasteiger charge is -2.22. The molecule has 1 aliphatic rings. The highest BCUT2D eigenvalue weighted by Crippen LogP contribution is 2.37. The number of nitrogens with two attached hydrogens (primary N) is 1. The Kier molecular flexibility index (Phi) is 3.60. The smallest absolute Gasteiger partial charge is 0.226 e. The first-order chi connectivity index (χ1) is 8.53. The molecular weight excluding hydrogens is 224 g/mol. The van der Waals surface area contributed by atoms with Crippen LogP contribution >= 0.6 is 0 Å². The molecule has 0 saturated heterocycles. The molecule has 0 atom stereocenters. The van der Waals surface area contributed by atoms with E-state index in [1.54, 1.807) is 0 Å². The third-order valence-corrected chi connectivity index (χ3v) is 4.18. The fraction of sp³-hybridized carbons (Fsp3) is 0.533. The Labute approximate surface area is 109 Å². The Hall–Kier alpha value is -1.51. The molecule has 1 saturated carbocycles. The van der Waals surface area contributed by atoms with Crippen molar-refractivity contribution in [3.8, 4) is 0 Å². The average Bonchev–Trinajstić information content (AvgIpc) is 2.79. The van der Waals surface area contributed by atoms with Crippen molar-refractivity contribution < 1.29 is 4.79 Å². The molecule has 18 heavy (non-hydrogen) atoms. The van der Waals surface area contributed by atoms with Gasteiger partial charge in [-0.3, -0.25) is 4.79 Å². The molecule has 2 rings (SSSR count). The van der Waals surface area contributed by atoms with Crippen molar-refractivity contribution in [1.29, 1.82) is 0 Å². The van der Waals surface area contributed by atoms with Crippen LogP contribution in [0.5, 0.6) is 0 Å². The van der Waals surface area contributed by atoms with Gasteiger partial charge in [0.05, 0.1) is 0 Å². The number of hydrogen-bond acceptors (Lipinski definition) is 2. The number of carbonyl (C=O) groups is 1. The van der Waals surface area contributed by atoms with E-state index < -0.39 is 0 Å². The van der Waals surface area contributed by atoms with Crippen LogP contribution in [-0.2, 0) is 11.3 Å². The Morgan fingerprint density at radius 3 is 2.72 bits per heavy atom. The van der Waals surface area contributed by atoms with Crippen molar-refractivity contribution in [1.82, 2.24) is 5.32 Å². The van der Waals surface area contributed by atoms with Crippen molar-refractivity contribution in [2.45, 2.75) is 46.1 Å². The first-order valence-corrected chi connectivity index (χ1v) is 6.65. The number of nitrogens with one attached hydrogen (secondary N) is 1. The quantitative estimate of drug-likeness (QED) is 0.806. The first kappa shape index (κ1) is 12.9. The molecule has 0 heterocycles. The summed E-state index contributed by atoms with van der Waals surface area (Å²) in [6.07, 6.45) is 4.35. The van der Waals surface area contributed by atoms with Crippen molar-refractivity contribution >= 4 is 11.6 Å². The SMILES string of the molecule is Cc1c(N)cccc1CNC(=O)C1(C)CCCC1. The molecule has 0 aromatic heterocycles. The normalized spacial score (nSPS) is 17.7. The van der Waals surface area contributed by atoms with Crippen LogP contribution in [-0.4, -0.2) is 5.91 Å². The minimum Gasteiger partial charge on any atom is -0.399 e. The lowest BCUT2D eigenvalue weighted by molar-refractivity contribution is -0.130. The third kappa shape index (κ3) is 2.50. The van der Waals surface area contributed by atoms with Crippen molar-refractivity contribution in [3.05, 3.63) is 29.3 Å². The maximum Gasteiger partial charge on any atom is 0.226 e. The predicted molar refractivity (Wildman–Crippen MR) is 74.0 cm³/mol. The van der Waals surface area contributed by atoms with Crippen LogP contribution in [0, 0.1) is 12.3 Å². The maximum absolute atomic E-state index is 12.2. The molecule has 0 spiro atoms. The van der Waals surface area contributed by atoms with Crippen molar-refractivity contribution in [2.24, 2.45) is 5.41 Å². The van der Waals surface area contributed by atoms with E-state index in [1.165, 1.54) is 12.8 Å². The Bertz CT molecular complexity index is 448. The molecule has 1 amide bonds. The van der Waals surface area contributed by atoms with E-state index in [-0.39, 0.29) is 11.3 Å². The summed E-state index contributed by atoms with van der Waals surface area (Å²) in [5.41, 5.74) is 8.66. The van der Waals surface area contributed by atoms with E-state index in [0.717, 1.165) is 29.7 Å². The first-order valence-electron chi connectivity index (χ1n) is 6.65. The number of hydrogen-bond donors (Lipinski definition) is 2. The number of amides is 1. The Morgan fingerprint density at radius 2 is 2.06 bits per heavy atom. The van der Waals surface area contributed by atoms with E-state index in [0.29, 0.717) is 6.54 Å². The molecule has 3 N–H and O–H groups in total. The van der Waals surface area contributed by atoms with Gasteiger partial charge in [-0.25, -0.2) is 0 Å². The summed E-state index contributed by atoms with van der Waals surface area (Å²) in [6.45, 7) is 4.64. The number of rotatable bonds is 3. The summed E-state index contributed by atoms with van der Waals surface area (Å²) in [5, 5.41) is 3.05. The van der Waals surface area contributed by atoms with Crippen LogP contribution in [0.15, 0.2) is 18.2 Å². The molecule has 1 fully saturated rings. The zero-order valence-electron chi connectivity index (χ0n) is 11.3. The minimum absolute atomic E-state index is 0.159. The number of benzene rings is 1. The Balaban J connectivity index is 1.99. The van der Waals surface area contributed by atoms with E-state index in [4.69, 9.17) is 5.73 Å². The minimum atomic E-state index is -0.159. The fourth-order valence-corrected chi connectivity index (χ4v) is 2.67. The monoisotopic (exact) mass is 246 g/mol. The van der Waals surface area contributed by atoms with Gasteiger partial charge in [0.25, 0.3) is 0 Å². The molecule has 0 aliphatic heterocycles. The third-order valence-electron chi connectivity index (χ3n) is 4.18. The second-order valence-electron chi connectivity index (χ2n) is 5.58. The predicted octanol–water partition coefficient (Wildman–Crippen LogP) is 2.77. The van der Waals surface area contributed by atoms with Crippen LogP contribution in [0.25, 0.3) is 0 Å². The second-order valence-corrected chi connectivity index (χ2v) is 5.58. The van der Waals surface area contributed by atoms with Gasteiger partial charge in [-0.2, -0.15) is 0 Å². The van der Waals surface area contributed by atoms with E-state index in [2.05, 4.69) is 12.2 Å². The van der Waals surface area contributed by atoms with Crippen LogP contribution in [0.1, 0.15) is 43.7 Å². The number of anilines is 1. The van der Waals surface area contributed by atoms with Gasteiger partial charge in [-0.05, 0) is 37.0 Å². The summed E-state index contributed by atoms with van der Waals surface area (Å²) in [5.74, 6) is 0.182. The van der Waals surface area contributed by atoms with Gasteiger partial charge in [0, 0.05) is 17.6 Å². The highest BCUT2D eigenvalue weighted by molar-refractivity contribution is 5.82. The molecule has 1 aromatic rings. The lowest BCUT2D eigenvalue weighted by Crippen LogP contribution is -2.36. The van der Waals surface area contributed by atoms with Crippen molar-refractivity contribution in [3.63, 3.8) is 0 Å². The summed E-state index contributed by atoms with van der Waals surface area (Å²) < 4.78 is 0. The van der Waals surface area contributed by atoms with Crippen LogP contribution in [0.2, 0.25) is 0 Å². The van der Waals surface area contributed by atoms with Gasteiger partial charge in [0.2, 0.25) is 5.91 Å². The van der Waals surface area contributed by atoms with Gasteiger partial charge in [-0.15, -0.1) is 0 Å². The topological polar surface area (TPSA) is 55.1 Å². The molecule has 1 aliphatic carbocycles. The van der Waals surface area contributed by atoms with Crippen molar-refractivity contribution in [2.75, 3.05) is 5.73 Å². The number of nitrogen functional groups attached to an aromatic ring is 1. The molecule has 3 heteroatoms. The Morgan fingerprint density at radius 1 is 1.39 bits per heavy atom. The molecule has 3 nitrogen and oxygen atoms in total. The number of carbonyl (C=O) groups excluding carboxylic acids is 1. The standard InChI is InChI=1S/C15H22N2O/c1-11-12(6-5-7-13(11)16)10-17-14(18)15(2)8-3-4-9-15/h5-7H,3-4,8-10,16H2,1-2H3,(H,17,18). The van der Waals surface area contributed by atoms with Crippen LogP contribution in [0.4, 0.5) is 5.69 Å². The van der Waals surface area contributed by atoms with Gasteiger partial charge in [0.15, 0.2) is 0 Å². The van der Waals surface area contributed by atoms with Gasteiger partial charge in [-0.1, -0.05) is 31.9 Å². The zero-order chi connectivity index (χ0) is 13.2. The maximum atomic E-state index is 12.2. The summed E-state index contributed by atoms with van der Waals surface area (Å²) in [7, 11) is 0. The zero-order valence-corrected chi connectivity index (χ0v) is 11.3. The van der Waals surface area contributed by atoms with Crippen LogP contribution in [0.3, 0.4) is 0 Å². The second kappa shape index (κ2) is 5.01. The van der Waals surface area contributed by atoms with E-state index in [1.807, 2.05) is 25.1 Å². The average molecular weight is 246 g/mol. The summed E-state index contributed by atoms with van der Waals surface area (Å²) in [4.78, 5) is 12.2. The highest BCUT2D eigenvalue weighted by atomic mass is 16.2. The van der Waals surface area contributed by atoms with Gasteiger partial charge in [0.1, 0.15) is 0 Å². The molecule has 0 bridgehead atoms. The fourth-order valence-electron chi connectivity index (χ4n) is 2.67. The molecular formula is C15H22N2O. The van der Waals surface area contributed by atoms with Gasteiger partial charge < -0.3 is 11.1 Å². The van der Waals surface area contributed by atoms with E-state index in [9.17, 15) is 4.79 Å².